The van der Waals surface area contributed by atoms with Crippen LogP contribution in [0.5, 0.6) is 0 Å². The predicted octanol–water partition coefficient (Wildman–Crippen LogP) is 2.75. The van der Waals surface area contributed by atoms with Crippen molar-refractivity contribution in [3.8, 4) is 0 Å². The summed E-state index contributed by atoms with van der Waals surface area (Å²) >= 11 is 0. The minimum absolute atomic E-state index is 0.220. The lowest BCUT2D eigenvalue weighted by Crippen LogP contribution is -2.40. The fraction of sp³-hybridized carbons (Fsp3) is 0.250. The van der Waals surface area contributed by atoms with E-state index in [9.17, 15) is 4.79 Å². The largest absolute Gasteiger partial charge is 0.338 e. The van der Waals surface area contributed by atoms with Gasteiger partial charge in [-0.25, -0.2) is 9.78 Å². The SMILES string of the molecule is Cc1ccc(CCNC(=O)N[C@H](c2ccccc2)c2nccn2C)cn1. The van der Waals surface area contributed by atoms with Crippen LogP contribution in [0.1, 0.15) is 28.7 Å². The van der Waals surface area contributed by atoms with Gasteiger partial charge in [0.05, 0.1) is 0 Å². The lowest BCUT2D eigenvalue weighted by molar-refractivity contribution is 0.238. The molecule has 3 aromatic rings. The van der Waals surface area contributed by atoms with Crippen molar-refractivity contribution in [2.24, 2.45) is 7.05 Å². The zero-order valence-corrected chi connectivity index (χ0v) is 15.0. The molecule has 6 heteroatoms. The van der Waals surface area contributed by atoms with E-state index in [0.717, 1.165) is 29.1 Å². The quantitative estimate of drug-likeness (QED) is 0.719. The van der Waals surface area contributed by atoms with Crippen molar-refractivity contribution in [3.05, 3.63) is 83.7 Å². The van der Waals surface area contributed by atoms with Gasteiger partial charge in [0, 0.05) is 37.9 Å². The molecule has 6 nitrogen and oxygen atoms in total. The highest BCUT2D eigenvalue weighted by Gasteiger charge is 2.20. The summed E-state index contributed by atoms with van der Waals surface area (Å²) in [4.78, 5) is 21.1. The zero-order valence-electron chi connectivity index (χ0n) is 15.0. The van der Waals surface area contributed by atoms with Gasteiger partial charge in [-0.1, -0.05) is 36.4 Å². The molecule has 0 radical (unpaired) electrons. The van der Waals surface area contributed by atoms with Gasteiger partial charge in [-0.05, 0) is 30.5 Å². The Morgan fingerprint density at radius 1 is 1.15 bits per heavy atom. The minimum Gasteiger partial charge on any atom is -0.338 e. The summed E-state index contributed by atoms with van der Waals surface area (Å²) in [6.45, 7) is 2.50. The molecule has 0 aliphatic carbocycles. The molecule has 2 N–H and O–H groups in total. The topological polar surface area (TPSA) is 71.8 Å². The minimum atomic E-state index is -0.308. The molecule has 134 valence electrons. The molecule has 1 aromatic carbocycles. The van der Waals surface area contributed by atoms with E-state index >= 15 is 0 Å². The van der Waals surface area contributed by atoms with Gasteiger partial charge in [-0.2, -0.15) is 0 Å². The summed E-state index contributed by atoms with van der Waals surface area (Å²) in [5.74, 6) is 0.786. The molecular weight excluding hydrogens is 326 g/mol. The summed E-state index contributed by atoms with van der Waals surface area (Å²) in [7, 11) is 1.92. The molecule has 0 saturated carbocycles. The third-order valence-corrected chi connectivity index (χ3v) is 4.20. The Bertz CT molecular complexity index is 842. The van der Waals surface area contributed by atoms with E-state index in [1.54, 1.807) is 6.20 Å². The number of urea groups is 1. The standard InChI is InChI=1S/C20H23N5O/c1-15-8-9-16(14-23-15)10-11-22-20(26)24-18(17-6-4-3-5-7-17)19-21-12-13-25(19)2/h3-9,12-14,18H,10-11H2,1-2H3,(H2,22,24,26)/t18-/m1/s1. The average Bonchev–Trinajstić information content (AvgIpc) is 3.08. The van der Waals surface area contributed by atoms with Gasteiger partial charge in [0.25, 0.3) is 0 Å². The highest BCUT2D eigenvalue weighted by atomic mass is 16.2. The molecule has 0 spiro atoms. The van der Waals surface area contributed by atoms with Crippen molar-refractivity contribution in [1.82, 2.24) is 25.2 Å². The molecule has 2 amide bonds. The smallest absolute Gasteiger partial charge is 0.315 e. The Morgan fingerprint density at radius 2 is 1.96 bits per heavy atom. The van der Waals surface area contributed by atoms with Crippen LogP contribution in [0, 0.1) is 6.92 Å². The fourth-order valence-corrected chi connectivity index (χ4v) is 2.75. The van der Waals surface area contributed by atoms with Crippen molar-refractivity contribution in [2.75, 3.05) is 6.54 Å². The number of benzene rings is 1. The molecule has 0 saturated heterocycles. The van der Waals surface area contributed by atoms with E-state index in [2.05, 4.69) is 20.6 Å². The van der Waals surface area contributed by atoms with Crippen LogP contribution in [0.3, 0.4) is 0 Å². The summed E-state index contributed by atoms with van der Waals surface area (Å²) in [5, 5.41) is 5.94. The molecule has 0 fully saturated rings. The summed E-state index contributed by atoms with van der Waals surface area (Å²) in [6, 6.07) is 13.3. The first-order valence-corrected chi connectivity index (χ1v) is 8.61. The maximum Gasteiger partial charge on any atom is 0.315 e. The molecule has 2 heterocycles. The molecule has 0 aliphatic heterocycles. The highest BCUT2D eigenvalue weighted by Crippen LogP contribution is 2.19. The molecule has 0 bridgehead atoms. The third kappa shape index (κ3) is 4.47. The summed E-state index contributed by atoms with van der Waals surface area (Å²) < 4.78 is 1.91. The fourth-order valence-electron chi connectivity index (χ4n) is 2.75. The lowest BCUT2D eigenvalue weighted by Gasteiger charge is -2.19. The van der Waals surface area contributed by atoms with E-state index in [1.807, 2.05) is 73.4 Å². The Labute approximate surface area is 153 Å². The second-order valence-corrected chi connectivity index (χ2v) is 6.20. The van der Waals surface area contributed by atoms with Gasteiger partial charge < -0.3 is 15.2 Å². The number of nitrogens with zero attached hydrogens (tertiary/aromatic N) is 3. The van der Waals surface area contributed by atoms with Crippen LogP contribution in [0.4, 0.5) is 4.79 Å². The number of aromatic nitrogens is 3. The van der Waals surface area contributed by atoms with Crippen LogP contribution in [-0.4, -0.2) is 27.1 Å². The van der Waals surface area contributed by atoms with Gasteiger partial charge >= 0.3 is 6.03 Å². The number of hydrogen-bond acceptors (Lipinski definition) is 3. The van der Waals surface area contributed by atoms with Crippen molar-refractivity contribution in [3.63, 3.8) is 0 Å². The number of rotatable bonds is 6. The van der Waals surface area contributed by atoms with Crippen LogP contribution >= 0.6 is 0 Å². The van der Waals surface area contributed by atoms with E-state index in [0.29, 0.717) is 6.54 Å². The Kier molecular flexibility index (Phi) is 5.63. The number of imidazole rings is 1. The highest BCUT2D eigenvalue weighted by molar-refractivity contribution is 5.74. The number of pyridine rings is 1. The summed E-state index contributed by atoms with van der Waals surface area (Å²) in [6.07, 6.45) is 6.18. The second-order valence-electron chi connectivity index (χ2n) is 6.20. The van der Waals surface area contributed by atoms with Gasteiger partial charge in [0.15, 0.2) is 0 Å². The van der Waals surface area contributed by atoms with Crippen molar-refractivity contribution >= 4 is 6.03 Å². The number of nitrogens with one attached hydrogen (secondary N) is 2. The first-order valence-electron chi connectivity index (χ1n) is 8.61. The molecule has 0 aliphatic rings. The van der Waals surface area contributed by atoms with Gasteiger partial charge in [0.2, 0.25) is 0 Å². The van der Waals surface area contributed by atoms with Gasteiger partial charge in [-0.15, -0.1) is 0 Å². The van der Waals surface area contributed by atoms with Crippen molar-refractivity contribution in [2.45, 2.75) is 19.4 Å². The molecule has 0 unspecified atom stereocenters. The molecule has 3 rings (SSSR count). The predicted molar refractivity (Wildman–Crippen MR) is 101 cm³/mol. The Hall–Kier alpha value is -3.15. The van der Waals surface area contributed by atoms with Crippen molar-refractivity contribution < 1.29 is 4.79 Å². The molecule has 1 atom stereocenters. The number of aryl methyl sites for hydroxylation is 2. The maximum absolute atomic E-state index is 12.4. The van der Waals surface area contributed by atoms with Gasteiger partial charge in [-0.3, -0.25) is 4.98 Å². The van der Waals surface area contributed by atoms with Crippen LogP contribution < -0.4 is 10.6 Å². The number of amides is 2. The number of hydrogen-bond donors (Lipinski definition) is 2. The zero-order chi connectivity index (χ0) is 18.4. The normalized spacial score (nSPS) is 11.8. The first-order chi connectivity index (χ1) is 12.6. The van der Waals surface area contributed by atoms with E-state index < -0.39 is 0 Å². The Morgan fingerprint density at radius 3 is 2.62 bits per heavy atom. The number of carbonyl (C=O) groups excluding carboxylic acids is 1. The van der Waals surface area contributed by atoms with E-state index in [1.165, 1.54) is 0 Å². The molecular formula is C20H23N5O. The maximum atomic E-state index is 12.4. The molecule has 26 heavy (non-hydrogen) atoms. The third-order valence-electron chi connectivity index (χ3n) is 4.20. The van der Waals surface area contributed by atoms with Crippen LogP contribution in [-0.2, 0) is 13.5 Å². The van der Waals surface area contributed by atoms with Gasteiger partial charge in [0.1, 0.15) is 11.9 Å². The van der Waals surface area contributed by atoms with E-state index in [4.69, 9.17) is 0 Å². The van der Waals surface area contributed by atoms with E-state index in [-0.39, 0.29) is 12.1 Å². The Balaban J connectivity index is 1.62. The van der Waals surface area contributed by atoms with Crippen LogP contribution in [0.25, 0.3) is 0 Å². The van der Waals surface area contributed by atoms with Crippen LogP contribution in [0.15, 0.2) is 61.1 Å². The number of carbonyl (C=O) groups is 1. The molecule has 2 aromatic heterocycles. The summed E-state index contributed by atoms with van der Waals surface area (Å²) in [5.41, 5.74) is 3.07. The second kappa shape index (κ2) is 8.29. The monoisotopic (exact) mass is 349 g/mol. The first kappa shape index (κ1) is 17.7. The average molecular weight is 349 g/mol. The van der Waals surface area contributed by atoms with Crippen molar-refractivity contribution in [1.29, 1.82) is 0 Å². The lowest BCUT2D eigenvalue weighted by atomic mass is 10.1. The van der Waals surface area contributed by atoms with Crippen LogP contribution in [0.2, 0.25) is 0 Å².